The van der Waals surface area contributed by atoms with Gasteiger partial charge in [-0.15, -0.1) is 0 Å². The van der Waals surface area contributed by atoms with E-state index in [0.29, 0.717) is 11.2 Å². The summed E-state index contributed by atoms with van der Waals surface area (Å²) in [5, 5.41) is 1.82. The Balaban J connectivity index is 1.76. The minimum absolute atomic E-state index is 0.126. The molecule has 6 aromatic rings. The molecule has 5 heteroatoms. The van der Waals surface area contributed by atoms with Crippen molar-refractivity contribution in [3.63, 3.8) is 0 Å². The summed E-state index contributed by atoms with van der Waals surface area (Å²) in [7, 11) is 0. The van der Waals surface area contributed by atoms with Gasteiger partial charge < -0.3 is 4.42 Å². The fourth-order valence-corrected chi connectivity index (χ4v) is 4.54. The molecule has 0 bridgehead atoms. The second-order valence-corrected chi connectivity index (χ2v) is 9.34. The fourth-order valence-electron chi connectivity index (χ4n) is 4.54. The van der Waals surface area contributed by atoms with Crippen molar-refractivity contribution in [2.45, 2.75) is 26.2 Å². The molecule has 0 amide bonds. The van der Waals surface area contributed by atoms with Gasteiger partial charge >= 0.3 is 0 Å². The largest absolute Gasteiger partial charge is 0.455 e. The molecule has 0 saturated carbocycles. The first-order chi connectivity index (χ1) is 15.9. The van der Waals surface area contributed by atoms with Gasteiger partial charge in [0, 0.05) is 34.3 Å². The standard InChI is InChI=1S/C28H22FN3O/c1-28(2,3)22-15-30-16-23-25(22)32(18-8-5-4-6-9-18)27(31-23)21-11-7-10-20-19-13-12-17(29)14-24(19)33-26(20)21/h4-16H,1-3H3. The van der Waals surface area contributed by atoms with Crippen molar-refractivity contribution in [1.29, 1.82) is 0 Å². The summed E-state index contributed by atoms with van der Waals surface area (Å²) < 4.78 is 22.3. The van der Waals surface area contributed by atoms with Crippen LogP contribution in [-0.2, 0) is 5.41 Å². The van der Waals surface area contributed by atoms with E-state index in [1.165, 1.54) is 12.1 Å². The van der Waals surface area contributed by atoms with Gasteiger partial charge in [-0.1, -0.05) is 51.1 Å². The lowest BCUT2D eigenvalue weighted by atomic mass is 9.87. The summed E-state index contributed by atoms with van der Waals surface area (Å²) in [6.07, 6.45) is 3.74. The molecule has 6 rings (SSSR count). The van der Waals surface area contributed by atoms with Gasteiger partial charge in [0.15, 0.2) is 0 Å². The van der Waals surface area contributed by atoms with Gasteiger partial charge in [-0.25, -0.2) is 9.37 Å². The molecule has 0 fully saturated rings. The predicted molar refractivity (Wildman–Crippen MR) is 130 cm³/mol. The molecule has 0 aliphatic rings. The highest BCUT2D eigenvalue weighted by Gasteiger charge is 2.25. The molecule has 3 heterocycles. The number of furan rings is 1. The van der Waals surface area contributed by atoms with Crippen LogP contribution < -0.4 is 0 Å². The average molecular weight is 436 g/mol. The Bertz CT molecular complexity index is 1660. The third-order valence-corrected chi connectivity index (χ3v) is 6.08. The lowest BCUT2D eigenvalue weighted by Gasteiger charge is -2.21. The van der Waals surface area contributed by atoms with Crippen LogP contribution in [0, 0.1) is 5.82 Å². The molecule has 0 spiro atoms. The first-order valence-corrected chi connectivity index (χ1v) is 11.0. The fraction of sp³-hybridized carbons (Fsp3) is 0.143. The minimum atomic E-state index is -0.319. The molecule has 4 nitrogen and oxygen atoms in total. The molecule has 3 aromatic heterocycles. The van der Waals surface area contributed by atoms with Gasteiger partial charge in [0.25, 0.3) is 0 Å². The molecule has 0 unspecified atom stereocenters. The van der Waals surface area contributed by atoms with Crippen LogP contribution in [0.4, 0.5) is 4.39 Å². The summed E-state index contributed by atoms with van der Waals surface area (Å²) in [5.41, 5.74) is 5.90. The quantitative estimate of drug-likeness (QED) is 0.284. The third kappa shape index (κ3) is 3.04. The Hall–Kier alpha value is -3.99. The highest BCUT2D eigenvalue weighted by Crippen LogP contribution is 2.39. The first kappa shape index (κ1) is 19.7. The number of pyridine rings is 1. The van der Waals surface area contributed by atoms with Crippen LogP contribution in [0.5, 0.6) is 0 Å². The van der Waals surface area contributed by atoms with Gasteiger partial charge in [0.2, 0.25) is 0 Å². The summed E-state index contributed by atoms with van der Waals surface area (Å²) in [6, 6.07) is 20.9. The molecular formula is C28H22FN3O. The Morgan fingerprint density at radius 2 is 1.70 bits per heavy atom. The zero-order valence-electron chi connectivity index (χ0n) is 18.6. The smallest absolute Gasteiger partial charge is 0.149 e. The van der Waals surface area contributed by atoms with Crippen LogP contribution in [0.3, 0.4) is 0 Å². The van der Waals surface area contributed by atoms with Crippen molar-refractivity contribution in [3.8, 4) is 17.1 Å². The van der Waals surface area contributed by atoms with E-state index in [2.05, 4.69) is 42.5 Å². The molecule has 3 aromatic carbocycles. The minimum Gasteiger partial charge on any atom is -0.455 e. The van der Waals surface area contributed by atoms with Crippen molar-refractivity contribution in [1.82, 2.24) is 14.5 Å². The zero-order valence-corrected chi connectivity index (χ0v) is 18.6. The number of rotatable bonds is 2. The second-order valence-electron chi connectivity index (χ2n) is 9.34. The number of hydrogen-bond donors (Lipinski definition) is 0. The summed E-state index contributed by atoms with van der Waals surface area (Å²) in [4.78, 5) is 9.52. The van der Waals surface area contributed by atoms with Crippen molar-refractivity contribution < 1.29 is 8.81 Å². The highest BCUT2D eigenvalue weighted by molar-refractivity contribution is 6.09. The molecule has 0 radical (unpaired) electrons. The van der Waals surface area contributed by atoms with E-state index >= 15 is 0 Å². The van der Waals surface area contributed by atoms with E-state index in [1.807, 2.05) is 48.8 Å². The summed E-state index contributed by atoms with van der Waals surface area (Å²) >= 11 is 0. The number of halogens is 1. The van der Waals surface area contributed by atoms with E-state index in [9.17, 15) is 4.39 Å². The Morgan fingerprint density at radius 3 is 2.48 bits per heavy atom. The molecule has 162 valence electrons. The third-order valence-electron chi connectivity index (χ3n) is 6.08. The molecule has 33 heavy (non-hydrogen) atoms. The summed E-state index contributed by atoms with van der Waals surface area (Å²) in [5.74, 6) is 0.445. The number of benzene rings is 3. The molecule has 0 saturated heterocycles. The van der Waals surface area contributed by atoms with Crippen LogP contribution in [-0.4, -0.2) is 14.5 Å². The number of nitrogens with zero attached hydrogens (tertiary/aromatic N) is 3. The van der Waals surface area contributed by atoms with E-state index < -0.39 is 0 Å². The van der Waals surface area contributed by atoms with Gasteiger partial charge in [-0.3, -0.25) is 9.55 Å². The number of fused-ring (bicyclic) bond motifs is 4. The predicted octanol–water partition coefficient (Wildman–Crippen LogP) is 7.42. The van der Waals surface area contributed by atoms with Gasteiger partial charge in [-0.05, 0) is 35.7 Å². The maximum absolute atomic E-state index is 13.9. The number of aromatic nitrogens is 3. The van der Waals surface area contributed by atoms with Crippen LogP contribution >= 0.6 is 0 Å². The van der Waals surface area contributed by atoms with E-state index in [1.54, 1.807) is 6.07 Å². The molecule has 0 N–H and O–H groups in total. The number of para-hydroxylation sites is 2. The Labute approximate surface area is 190 Å². The maximum atomic E-state index is 13.9. The lowest BCUT2D eigenvalue weighted by molar-refractivity contribution is 0.591. The van der Waals surface area contributed by atoms with Crippen LogP contribution in [0.1, 0.15) is 26.3 Å². The van der Waals surface area contributed by atoms with E-state index in [0.717, 1.165) is 44.4 Å². The SMILES string of the molecule is CC(C)(C)c1cncc2nc(-c3cccc4c3oc3cc(F)ccc34)n(-c3ccccc3)c12. The normalized spacial score (nSPS) is 12.2. The van der Waals surface area contributed by atoms with Gasteiger partial charge in [0.05, 0.1) is 17.3 Å². The number of hydrogen-bond acceptors (Lipinski definition) is 3. The van der Waals surface area contributed by atoms with Crippen molar-refractivity contribution >= 4 is 33.0 Å². The Morgan fingerprint density at radius 1 is 0.879 bits per heavy atom. The van der Waals surface area contributed by atoms with Crippen molar-refractivity contribution in [2.24, 2.45) is 0 Å². The van der Waals surface area contributed by atoms with Gasteiger partial charge in [-0.2, -0.15) is 0 Å². The molecule has 0 aliphatic carbocycles. The van der Waals surface area contributed by atoms with Gasteiger partial charge in [0.1, 0.15) is 28.3 Å². The van der Waals surface area contributed by atoms with Crippen LogP contribution in [0.2, 0.25) is 0 Å². The number of imidazole rings is 1. The summed E-state index contributed by atoms with van der Waals surface area (Å²) in [6.45, 7) is 6.54. The second kappa shape index (κ2) is 7.01. The molecule has 0 aliphatic heterocycles. The lowest BCUT2D eigenvalue weighted by Crippen LogP contribution is -2.14. The van der Waals surface area contributed by atoms with E-state index in [-0.39, 0.29) is 11.2 Å². The Kier molecular flexibility index (Phi) is 4.18. The highest BCUT2D eigenvalue weighted by atomic mass is 19.1. The average Bonchev–Trinajstić information content (AvgIpc) is 3.36. The molecular weight excluding hydrogens is 413 g/mol. The van der Waals surface area contributed by atoms with E-state index in [4.69, 9.17) is 9.40 Å². The maximum Gasteiger partial charge on any atom is 0.149 e. The monoisotopic (exact) mass is 435 g/mol. The van der Waals surface area contributed by atoms with Crippen molar-refractivity contribution in [2.75, 3.05) is 0 Å². The molecule has 0 atom stereocenters. The van der Waals surface area contributed by atoms with Crippen LogP contribution in [0.15, 0.2) is 83.5 Å². The first-order valence-electron chi connectivity index (χ1n) is 11.0. The zero-order chi connectivity index (χ0) is 22.7. The van der Waals surface area contributed by atoms with Crippen LogP contribution in [0.25, 0.3) is 50.0 Å². The van der Waals surface area contributed by atoms with Crippen molar-refractivity contribution in [3.05, 3.63) is 90.5 Å². The topological polar surface area (TPSA) is 43.9 Å².